The maximum absolute atomic E-state index is 5.45. The average molecular weight is 226 g/mol. The van der Waals surface area contributed by atoms with Crippen LogP contribution in [0.4, 0.5) is 0 Å². The van der Waals surface area contributed by atoms with E-state index in [4.69, 9.17) is 12.2 Å². The molecular formula is C12H22N2S. The van der Waals surface area contributed by atoms with E-state index in [0.29, 0.717) is 0 Å². The molecule has 86 valence electrons. The van der Waals surface area contributed by atoms with E-state index in [2.05, 4.69) is 17.1 Å². The van der Waals surface area contributed by atoms with Crippen LogP contribution in [-0.2, 0) is 0 Å². The Morgan fingerprint density at radius 2 is 1.73 bits per heavy atom. The van der Waals surface area contributed by atoms with Crippen molar-refractivity contribution in [3.8, 4) is 0 Å². The van der Waals surface area contributed by atoms with Crippen molar-refractivity contribution < 1.29 is 0 Å². The fourth-order valence-corrected chi connectivity index (χ4v) is 2.06. The van der Waals surface area contributed by atoms with Crippen LogP contribution in [0.2, 0.25) is 0 Å². The first-order valence-electron chi connectivity index (χ1n) is 6.32. The van der Waals surface area contributed by atoms with E-state index in [9.17, 15) is 0 Å². The van der Waals surface area contributed by atoms with Crippen molar-refractivity contribution in [3.63, 3.8) is 0 Å². The topological polar surface area (TPSA) is 15.3 Å². The van der Waals surface area contributed by atoms with Crippen molar-refractivity contribution in [1.29, 1.82) is 0 Å². The average Bonchev–Trinajstić information content (AvgIpc) is 3.06. The monoisotopic (exact) mass is 226 g/mol. The van der Waals surface area contributed by atoms with Gasteiger partial charge in [-0.3, -0.25) is 0 Å². The highest BCUT2D eigenvalue weighted by Gasteiger charge is 2.30. The summed E-state index contributed by atoms with van der Waals surface area (Å²) >= 11 is 5.45. The van der Waals surface area contributed by atoms with E-state index in [1.54, 1.807) is 0 Å². The van der Waals surface area contributed by atoms with Crippen molar-refractivity contribution in [2.75, 3.05) is 19.6 Å². The van der Waals surface area contributed by atoms with Gasteiger partial charge in [0.05, 0.1) is 0 Å². The third-order valence-corrected chi connectivity index (χ3v) is 3.57. The zero-order valence-electron chi connectivity index (χ0n) is 9.67. The quantitative estimate of drug-likeness (QED) is 0.700. The fraction of sp³-hybridized carbons (Fsp3) is 0.917. The number of nitrogens with one attached hydrogen (secondary N) is 1. The maximum atomic E-state index is 5.45. The molecule has 15 heavy (non-hydrogen) atoms. The standard InChI is InChI=1S/C12H22N2S/c1-2-7-13-12(15)14(8-10-3-4-10)9-11-5-6-11/h10-11H,2-9H2,1H3,(H,13,15). The second kappa shape index (κ2) is 5.15. The molecule has 0 spiro atoms. The second-order valence-corrected chi connectivity index (χ2v) is 5.41. The SMILES string of the molecule is CCCNC(=S)N(CC1CC1)CC1CC1. The van der Waals surface area contributed by atoms with Gasteiger partial charge < -0.3 is 10.2 Å². The summed E-state index contributed by atoms with van der Waals surface area (Å²) in [6.07, 6.45) is 6.81. The summed E-state index contributed by atoms with van der Waals surface area (Å²) in [5, 5.41) is 4.35. The lowest BCUT2D eigenvalue weighted by Crippen LogP contribution is -2.42. The number of thiocarbonyl (C=S) groups is 1. The molecule has 1 N–H and O–H groups in total. The van der Waals surface area contributed by atoms with Gasteiger partial charge in [0.15, 0.2) is 5.11 Å². The molecule has 2 aliphatic rings. The Kier molecular flexibility index (Phi) is 3.84. The molecule has 3 heteroatoms. The van der Waals surface area contributed by atoms with Gasteiger partial charge in [-0.1, -0.05) is 6.92 Å². The van der Waals surface area contributed by atoms with E-state index in [0.717, 1.165) is 29.9 Å². The Labute approximate surface area is 98.4 Å². The predicted octanol–water partition coefficient (Wildman–Crippen LogP) is 2.39. The van der Waals surface area contributed by atoms with Crippen LogP contribution in [0, 0.1) is 11.8 Å². The lowest BCUT2D eigenvalue weighted by molar-refractivity contribution is 0.377. The molecular weight excluding hydrogens is 204 g/mol. The number of rotatable bonds is 6. The van der Waals surface area contributed by atoms with Crippen molar-refractivity contribution in [2.45, 2.75) is 39.0 Å². The highest BCUT2D eigenvalue weighted by molar-refractivity contribution is 7.80. The maximum Gasteiger partial charge on any atom is 0.168 e. The molecule has 2 rings (SSSR count). The highest BCUT2D eigenvalue weighted by atomic mass is 32.1. The predicted molar refractivity (Wildman–Crippen MR) is 67.9 cm³/mol. The molecule has 0 bridgehead atoms. The summed E-state index contributed by atoms with van der Waals surface area (Å²) in [5.41, 5.74) is 0. The van der Waals surface area contributed by atoms with Crippen LogP contribution >= 0.6 is 12.2 Å². The molecule has 0 amide bonds. The molecule has 0 aromatic carbocycles. The highest BCUT2D eigenvalue weighted by Crippen LogP contribution is 2.33. The third kappa shape index (κ3) is 3.98. The first-order chi connectivity index (χ1) is 7.29. The normalized spacial score (nSPS) is 20.1. The molecule has 0 saturated heterocycles. The lowest BCUT2D eigenvalue weighted by atomic mass is 10.3. The molecule has 0 aliphatic heterocycles. The minimum absolute atomic E-state index is 0.935. The molecule has 0 heterocycles. The number of nitrogens with zero attached hydrogens (tertiary/aromatic N) is 1. The molecule has 2 nitrogen and oxygen atoms in total. The van der Waals surface area contributed by atoms with Crippen LogP contribution in [-0.4, -0.2) is 29.6 Å². The van der Waals surface area contributed by atoms with Gasteiger partial charge in [-0.15, -0.1) is 0 Å². The van der Waals surface area contributed by atoms with Gasteiger partial charge in [0.25, 0.3) is 0 Å². The smallest absolute Gasteiger partial charge is 0.168 e. The third-order valence-electron chi connectivity index (χ3n) is 3.16. The van der Waals surface area contributed by atoms with Gasteiger partial charge in [0, 0.05) is 19.6 Å². The Balaban J connectivity index is 1.75. The van der Waals surface area contributed by atoms with Crippen LogP contribution in [0.25, 0.3) is 0 Å². The van der Waals surface area contributed by atoms with Gasteiger partial charge in [0.1, 0.15) is 0 Å². The Bertz CT molecular complexity index is 208. The Morgan fingerprint density at radius 1 is 1.20 bits per heavy atom. The van der Waals surface area contributed by atoms with E-state index in [1.807, 2.05) is 0 Å². The van der Waals surface area contributed by atoms with Gasteiger partial charge >= 0.3 is 0 Å². The molecule has 0 aromatic heterocycles. The van der Waals surface area contributed by atoms with Crippen LogP contribution in [0.3, 0.4) is 0 Å². The largest absolute Gasteiger partial charge is 0.363 e. The summed E-state index contributed by atoms with van der Waals surface area (Å²) in [4.78, 5) is 2.42. The van der Waals surface area contributed by atoms with E-state index >= 15 is 0 Å². The zero-order valence-corrected chi connectivity index (χ0v) is 10.5. The molecule has 0 radical (unpaired) electrons. The number of hydrogen-bond acceptors (Lipinski definition) is 1. The molecule has 0 aromatic rings. The van der Waals surface area contributed by atoms with E-state index < -0.39 is 0 Å². The van der Waals surface area contributed by atoms with Crippen LogP contribution in [0.15, 0.2) is 0 Å². The molecule has 0 unspecified atom stereocenters. The van der Waals surface area contributed by atoms with Crippen molar-refractivity contribution >= 4 is 17.3 Å². The Morgan fingerprint density at radius 3 is 2.13 bits per heavy atom. The molecule has 2 saturated carbocycles. The first-order valence-corrected chi connectivity index (χ1v) is 6.73. The zero-order chi connectivity index (χ0) is 10.7. The van der Waals surface area contributed by atoms with E-state index in [1.165, 1.54) is 38.8 Å². The van der Waals surface area contributed by atoms with Crippen molar-refractivity contribution in [2.24, 2.45) is 11.8 Å². The van der Waals surface area contributed by atoms with Crippen LogP contribution in [0.1, 0.15) is 39.0 Å². The fourth-order valence-electron chi connectivity index (χ4n) is 1.81. The summed E-state index contributed by atoms with van der Waals surface area (Å²) in [7, 11) is 0. The van der Waals surface area contributed by atoms with Crippen molar-refractivity contribution in [1.82, 2.24) is 10.2 Å². The lowest BCUT2D eigenvalue weighted by Gasteiger charge is -2.25. The Hall–Kier alpha value is -0.310. The summed E-state index contributed by atoms with van der Waals surface area (Å²) in [6.45, 7) is 5.60. The molecule has 2 fully saturated rings. The number of hydrogen-bond donors (Lipinski definition) is 1. The van der Waals surface area contributed by atoms with Crippen LogP contribution in [0.5, 0.6) is 0 Å². The van der Waals surface area contributed by atoms with Gasteiger partial charge in [0.2, 0.25) is 0 Å². The minimum atomic E-state index is 0.935. The van der Waals surface area contributed by atoms with Gasteiger partial charge in [-0.25, -0.2) is 0 Å². The summed E-state index contributed by atoms with van der Waals surface area (Å²) in [6, 6.07) is 0. The molecule has 2 aliphatic carbocycles. The van der Waals surface area contributed by atoms with Crippen LogP contribution < -0.4 is 5.32 Å². The molecule has 0 atom stereocenters. The van der Waals surface area contributed by atoms with Crippen molar-refractivity contribution in [3.05, 3.63) is 0 Å². The minimum Gasteiger partial charge on any atom is -0.363 e. The van der Waals surface area contributed by atoms with Gasteiger partial charge in [-0.05, 0) is 56.2 Å². The van der Waals surface area contributed by atoms with Gasteiger partial charge in [-0.2, -0.15) is 0 Å². The summed E-state index contributed by atoms with van der Waals surface area (Å²) in [5.74, 6) is 1.87. The van der Waals surface area contributed by atoms with E-state index in [-0.39, 0.29) is 0 Å². The second-order valence-electron chi connectivity index (χ2n) is 5.02. The summed E-state index contributed by atoms with van der Waals surface area (Å²) < 4.78 is 0. The first kappa shape index (κ1) is 11.2.